The fourth-order valence-corrected chi connectivity index (χ4v) is 3.85. The summed E-state index contributed by atoms with van der Waals surface area (Å²) in [5.74, 6) is 0.876. The van der Waals surface area contributed by atoms with Crippen molar-refractivity contribution in [2.24, 2.45) is 4.99 Å². The van der Waals surface area contributed by atoms with E-state index in [-0.39, 0.29) is 11.9 Å². The summed E-state index contributed by atoms with van der Waals surface area (Å²) in [6, 6.07) is 8.04. The fraction of sp³-hybridized carbons (Fsp3) is 0.636. The quantitative estimate of drug-likeness (QED) is 0.435. The van der Waals surface area contributed by atoms with E-state index in [2.05, 4.69) is 21.6 Å². The van der Waals surface area contributed by atoms with Crippen molar-refractivity contribution >= 4 is 23.5 Å². The molecule has 1 saturated heterocycles. The van der Waals surface area contributed by atoms with Crippen LogP contribution >= 0.6 is 11.6 Å². The number of morpholine rings is 1. The van der Waals surface area contributed by atoms with Gasteiger partial charge in [0, 0.05) is 50.7 Å². The highest BCUT2D eigenvalue weighted by molar-refractivity contribution is 6.31. The molecule has 1 fully saturated rings. The topological polar surface area (TPSA) is 69.2 Å². The number of ether oxygens (including phenoxy) is 1. The van der Waals surface area contributed by atoms with Crippen LogP contribution in [0, 0.1) is 0 Å². The third-order valence-electron chi connectivity index (χ3n) is 5.26. The van der Waals surface area contributed by atoms with Gasteiger partial charge in [-0.1, -0.05) is 29.8 Å². The Morgan fingerprint density at radius 2 is 1.90 bits per heavy atom. The molecule has 0 bridgehead atoms. The van der Waals surface area contributed by atoms with Crippen LogP contribution in [-0.4, -0.2) is 80.7 Å². The first-order valence-corrected chi connectivity index (χ1v) is 11.3. The maximum Gasteiger partial charge on any atom is 0.224 e. The first-order chi connectivity index (χ1) is 14.6. The normalized spacial score (nSPS) is 16.2. The molecule has 0 radical (unpaired) electrons. The van der Waals surface area contributed by atoms with Gasteiger partial charge in [0.25, 0.3) is 0 Å². The average molecular weight is 438 g/mol. The van der Waals surface area contributed by atoms with Crippen LogP contribution in [0.4, 0.5) is 0 Å². The Labute approximate surface area is 185 Å². The maximum absolute atomic E-state index is 12.2. The van der Waals surface area contributed by atoms with Gasteiger partial charge in [-0.05, 0) is 32.4 Å². The zero-order valence-electron chi connectivity index (χ0n) is 18.5. The lowest BCUT2D eigenvalue weighted by atomic mass is 10.0. The van der Waals surface area contributed by atoms with E-state index < -0.39 is 0 Å². The van der Waals surface area contributed by atoms with Gasteiger partial charge in [0.05, 0.1) is 25.8 Å². The number of guanidine groups is 1. The molecule has 0 spiro atoms. The molecule has 2 rings (SSSR count). The van der Waals surface area contributed by atoms with Gasteiger partial charge in [0.2, 0.25) is 5.91 Å². The predicted molar refractivity (Wildman–Crippen MR) is 123 cm³/mol. The van der Waals surface area contributed by atoms with Gasteiger partial charge in [-0.2, -0.15) is 0 Å². The summed E-state index contributed by atoms with van der Waals surface area (Å²) in [5.41, 5.74) is 1.08. The Hall–Kier alpha value is -1.83. The van der Waals surface area contributed by atoms with Crippen LogP contribution in [0.2, 0.25) is 5.02 Å². The molecule has 168 valence electrons. The Morgan fingerprint density at radius 1 is 1.20 bits per heavy atom. The number of benzene rings is 1. The molecule has 1 aliphatic rings. The number of hydrogen-bond acceptors (Lipinski definition) is 4. The SMILES string of the molecule is CCNC(=NCC(c1ccccc1Cl)N1CCOCC1)NCCC(=O)N(CC)CC. The zero-order chi connectivity index (χ0) is 21.8. The molecule has 1 aromatic rings. The highest BCUT2D eigenvalue weighted by atomic mass is 35.5. The number of halogens is 1. The smallest absolute Gasteiger partial charge is 0.224 e. The molecule has 8 heteroatoms. The van der Waals surface area contributed by atoms with Gasteiger partial charge < -0.3 is 20.3 Å². The van der Waals surface area contributed by atoms with Crippen molar-refractivity contribution in [3.63, 3.8) is 0 Å². The standard InChI is InChI=1S/C22H36ClN5O2/c1-4-24-22(25-12-11-21(29)27(5-2)6-3)26-17-20(28-13-15-30-16-14-28)18-9-7-8-10-19(18)23/h7-10,20H,4-6,11-17H2,1-3H3,(H2,24,25,26). The second-order valence-corrected chi connectivity index (χ2v) is 7.56. The molecule has 0 aromatic heterocycles. The molecule has 7 nitrogen and oxygen atoms in total. The van der Waals surface area contributed by atoms with Crippen LogP contribution in [-0.2, 0) is 9.53 Å². The number of hydrogen-bond donors (Lipinski definition) is 2. The molecule has 2 N–H and O–H groups in total. The lowest BCUT2D eigenvalue weighted by Crippen LogP contribution is -2.42. The maximum atomic E-state index is 12.2. The minimum absolute atomic E-state index is 0.0790. The summed E-state index contributed by atoms with van der Waals surface area (Å²) < 4.78 is 5.52. The largest absolute Gasteiger partial charge is 0.379 e. The van der Waals surface area contributed by atoms with Crippen molar-refractivity contribution in [1.82, 2.24) is 20.4 Å². The molecule has 1 unspecified atom stereocenters. The Bertz CT molecular complexity index is 675. The van der Waals surface area contributed by atoms with E-state index in [1.54, 1.807) is 0 Å². The van der Waals surface area contributed by atoms with Crippen molar-refractivity contribution in [3.05, 3.63) is 34.9 Å². The summed E-state index contributed by atoms with van der Waals surface area (Å²) in [6.07, 6.45) is 0.448. The van der Waals surface area contributed by atoms with Gasteiger partial charge in [0.1, 0.15) is 0 Å². The molecule has 1 heterocycles. The molecular weight excluding hydrogens is 402 g/mol. The highest BCUT2D eigenvalue weighted by Crippen LogP contribution is 2.28. The van der Waals surface area contributed by atoms with Gasteiger partial charge in [-0.3, -0.25) is 14.7 Å². The molecule has 1 aromatic carbocycles. The van der Waals surface area contributed by atoms with Crippen LogP contribution in [0.25, 0.3) is 0 Å². The predicted octanol–water partition coefficient (Wildman–Crippen LogP) is 2.53. The van der Waals surface area contributed by atoms with E-state index in [1.807, 2.05) is 43.9 Å². The molecule has 1 amide bonds. The van der Waals surface area contributed by atoms with Crippen LogP contribution in [0.15, 0.2) is 29.3 Å². The minimum atomic E-state index is 0.0790. The van der Waals surface area contributed by atoms with Crippen LogP contribution in [0.3, 0.4) is 0 Å². The molecule has 1 atom stereocenters. The third kappa shape index (κ3) is 7.45. The minimum Gasteiger partial charge on any atom is -0.379 e. The molecule has 0 aliphatic carbocycles. The summed E-state index contributed by atoms with van der Waals surface area (Å²) in [6.45, 7) is 12.5. The second-order valence-electron chi connectivity index (χ2n) is 7.15. The number of nitrogens with zero attached hydrogens (tertiary/aromatic N) is 3. The molecule has 0 saturated carbocycles. The van der Waals surface area contributed by atoms with Crippen LogP contribution in [0.1, 0.15) is 38.8 Å². The molecule has 1 aliphatic heterocycles. The first-order valence-electron chi connectivity index (χ1n) is 11.0. The van der Waals surface area contributed by atoms with Crippen molar-refractivity contribution in [3.8, 4) is 0 Å². The zero-order valence-corrected chi connectivity index (χ0v) is 19.2. The number of nitrogens with one attached hydrogen (secondary N) is 2. The summed E-state index contributed by atoms with van der Waals surface area (Å²) in [5, 5.41) is 7.33. The number of carbonyl (C=O) groups excluding carboxylic acids is 1. The van der Waals surface area contributed by atoms with E-state index in [9.17, 15) is 4.79 Å². The van der Waals surface area contributed by atoms with Crippen molar-refractivity contribution in [1.29, 1.82) is 0 Å². The first kappa shape index (κ1) is 24.4. The highest BCUT2D eigenvalue weighted by Gasteiger charge is 2.24. The van der Waals surface area contributed by atoms with Crippen molar-refractivity contribution in [2.75, 3.05) is 59.0 Å². The van der Waals surface area contributed by atoms with E-state index in [1.165, 1.54) is 0 Å². The van der Waals surface area contributed by atoms with Gasteiger partial charge in [-0.25, -0.2) is 0 Å². The number of aliphatic imine (C=N–C) groups is 1. The van der Waals surface area contributed by atoms with Crippen LogP contribution in [0.5, 0.6) is 0 Å². The Morgan fingerprint density at radius 3 is 2.53 bits per heavy atom. The van der Waals surface area contributed by atoms with Crippen LogP contribution < -0.4 is 10.6 Å². The monoisotopic (exact) mass is 437 g/mol. The third-order valence-corrected chi connectivity index (χ3v) is 5.61. The van der Waals surface area contributed by atoms with Gasteiger partial charge >= 0.3 is 0 Å². The summed E-state index contributed by atoms with van der Waals surface area (Å²) >= 11 is 6.51. The van der Waals surface area contributed by atoms with Crippen molar-refractivity contribution < 1.29 is 9.53 Å². The van der Waals surface area contributed by atoms with E-state index >= 15 is 0 Å². The van der Waals surface area contributed by atoms with E-state index in [4.69, 9.17) is 21.3 Å². The lowest BCUT2D eigenvalue weighted by molar-refractivity contribution is -0.130. The molecule has 30 heavy (non-hydrogen) atoms. The molecular formula is C22H36ClN5O2. The van der Waals surface area contributed by atoms with E-state index in [0.29, 0.717) is 19.5 Å². The average Bonchev–Trinajstić information content (AvgIpc) is 2.76. The Kier molecular flexibility index (Phi) is 11.0. The Balaban J connectivity index is 2.05. The van der Waals surface area contributed by atoms with Gasteiger partial charge in [-0.15, -0.1) is 0 Å². The fourth-order valence-electron chi connectivity index (χ4n) is 3.59. The van der Waals surface area contributed by atoms with E-state index in [0.717, 1.165) is 62.5 Å². The lowest BCUT2D eigenvalue weighted by Gasteiger charge is -2.34. The number of rotatable bonds is 10. The van der Waals surface area contributed by atoms with Crippen molar-refractivity contribution in [2.45, 2.75) is 33.2 Å². The number of carbonyl (C=O) groups is 1. The summed E-state index contributed by atoms with van der Waals surface area (Å²) in [4.78, 5) is 21.3. The summed E-state index contributed by atoms with van der Waals surface area (Å²) in [7, 11) is 0. The van der Waals surface area contributed by atoms with Gasteiger partial charge in [0.15, 0.2) is 5.96 Å². The second kappa shape index (κ2) is 13.5. The number of amides is 1.